The summed E-state index contributed by atoms with van der Waals surface area (Å²) in [6, 6.07) is 0.847. The summed E-state index contributed by atoms with van der Waals surface area (Å²) in [5, 5.41) is 0. The molecule has 0 aromatic heterocycles. The lowest BCUT2D eigenvalue weighted by Gasteiger charge is -2.34. The Morgan fingerprint density at radius 2 is 1.17 bits per heavy atom. The quantitative estimate of drug-likeness (QED) is 0.137. The van der Waals surface area contributed by atoms with Crippen molar-refractivity contribution in [3.63, 3.8) is 0 Å². The summed E-state index contributed by atoms with van der Waals surface area (Å²) in [4.78, 5) is 0. The number of rotatable bonds is 20. The van der Waals surface area contributed by atoms with Gasteiger partial charge < -0.3 is 0 Å². The van der Waals surface area contributed by atoms with E-state index in [-0.39, 0.29) is 0 Å². The van der Waals surface area contributed by atoms with E-state index in [1.54, 1.807) is 0 Å². The molecular formula is C27H57N2P. The first-order chi connectivity index (χ1) is 14.7. The Hall–Kier alpha value is 0.350. The van der Waals surface area contributed by atoms with Gasteiger partial charge in [0.25, 0.3) is 0 Å². The molecule has 1 rings (SSSR count). The maximum atomic E-state index is 2.66. The highest BCUT2D eigenvalue weighted by molar-refractivity contribution is 7.32. The van der Waals surface area contributed by atoms with E-state index in [1.807, 2.05) is 0 Å². The summed E-state index contributed by atoms with van der Waals surface area (Å²) in [6.07, 6.45) is 28.9. The van der Waals surface area contributed by atoms with Crippen molar-refractivity contribution >= 4 is 8.88 Å². The van der Waals surface area contributed by atoms with E-state index in [9.17, 15) is 0 Å². The fourth-order valence-corrected chi connectivity index (χ4v) is 6.46. The fraction of sp³-hybridized carbons (Fsp3) is 1.00. The van der Waals surface area contributed by atoms with Gasteiger partial charge in [-0.3, -0.25) is 9.34 Å². The highest BCUT2D eigenvalue weighted by atomic mass is 31.1. The predicted molar refractivity (Wildman–Crippen MR) is 140 cm³/mol. The molecule has 0 heterocycles. The maximum Gasteiger partial charge on any atom is 0.0237 e. The SMILES string of the molecule is CCCCCCCCCCCCCC(CCCC)CN(C)PN(C)C1CCCCC1. The Bertz CT molecular complexity index is 357. The summed E-state index contributed by atoms with van der Waals surface area (Å²) < 4.78 is 5.31. The topological polar surface area (TPSA) is 6.48 Å². The average Bonchev–Trinajstić information content (AvgIpc) is 2.76. The van der Waals surface area contributed by atoms with E-state index in [0.717, 1.165) is 20.8 Å². The van der Waals surface area contributed by atoms with Crippen LogP contribution in [0.3, 0.4) is 0 Å². The van der Waals surface area contributed by atoms with Crippen LogP contribution in [0, 0.1) is 5.92 Å². The molecule has 2 unspecified atom stereocenters. The molecule has 0 spiro atoms. The Morgan fingerprint density at radius 3 is 1.73 bits per heavy atom. The van der Waals surface area contributed by atoms with Crippen LogP contribution in [0.2, 0.25) is 0 Å². The Kier molecular flexibility index (Phi) is 18.9. The van der Waals surface area contributed by atoms with Crippen LogP contribution in [0.4, 0.5) is 0 Å². The third-order valence-electron chi connectivity index (χ3n) is 7.16. The molecule has 0 saturated heterocycles. The highest BCUT2D eigenvalue weighted by Crippen LogP contribution is 2.32. The Labute approximate surface area is 193 Å². The zero-order valence-corrected chi connectivity index (χ0v) is 22.4. The first kappa shape index (κ1) is 28.4. The lowest BCUT2D eigenvalue weighted by molar-refractivity contribution is 0.282. The van der Waals surface area contributed by atoms with Gasteiger partial charge >= 0.3 is 0 Å². The Morgan fingerprint density at radius 1 is 0.667 bits per heavy atom. The van der Waals surface area contributed by atoms with Gasteiger partial charge in [-0.05, 0) is 45.7 Å². The van der Waals surface area contributed by atoms with Crippen molar-refractivity contribution in [1.29, 1.82) is 0 Å². The fourth-order valence-electron chi connectivity index (χ4n) is 5.16. The van der Waals surface area contributed by atoms with Crippen LogP contribution in [-0.2, 0) is 0 Å². The third kappa shape index (κ3) is 15.2. The number of unbranched alkanes of at least 4 members (excludes halogenated alkanes) is 11. The molecule has 1 saturated carbocycles. The molecule has 2 atom stereocenters. The van der Waals surface area contributed by atoms with Crippen LogP contribution in [0.25, 0.3) is 0 Å². The molecule has 0 aliphatic heterocycles. The van der Waals surface area contributed by atoms with Gasteiger partial charge in [-0.2, -0.15) is 0 Å². The van der Waals surface area contributed by atoms with Crippen molar-refractivity contribution in [2.24, 2.45) is 5.92 Å². The van der Waals surface area contributed by atoms with Crippen LogP contribution < -0.4 is 0 Å². The first-order valence-electron chi connectivity index (χ1n) is 13.9. The van der Waals surface area contributed by atoms with Crippen molar-refractivity contribution in [3.05, 3.63) is 0 Å². The largest absolute Gasteiger partial charge is 0.275 e. The molecule has 0 aromatic rings. The maximum absolute atomic E-state index is 2.66. The van der Waals surface area contributed by atoms with Crippen LogP contribution in [-0.4, -0.2) is 36.0 Å². The molecule has 0 radical (unpaired) electrons. The van der Waals surface area contributed by atoms with Gasteiger partial charge in [-0.15, -0.1) is 0 Å². The van der Waals surface area contributed by atoms with Crippen molar-refractivity contribution in [1.82, 2.24) is 9.34 Å². The van der Waals surface area contributed by atoms with E-state index >= 15 is 0 Å². The summed E-state index contributed by atoms with van der Waals surface area (Å²) in [5.41, 5.74) is 0. The van der Waals surface area contributed by atoms with E-state index in [2.05, 4.69) is 37.3 Å². The second kappa shape index (κ2) is 20.0. The molecule has 1 aliphatic carbocycles. The van der Waals surface area contributed by atoms with Crippen LogP contribution in [0.5, 0.6) is 0 Å². The molecule has 2 nitrogen and oxygen atoms in total. The predicted octanol–water partition coefficient (Wildman–Crippen LogP) is 9.20. The standard InChI is InChI=1S/C27H57N2P/c1-5-7-9-10-11-12-13-14-15-16-18-22-26(21-8-6-2)25-28(3)30-29(4)27-23-19-17-20-24-27/h26-27,30H,5-25H2,1-4H3. The summed E-state index contributed by atoms with van der Waals surface area (Å²) in [5.74, 6) is 0.917. The zero-order chi connectivity index (χ0) is 21.9. The van der Waals surface area contributed by atoms with Crippen molar-refractivity contribution in [3.8, 4) is 0 Å². The van der Waals surface area contributed by atoms with Crippen LogP contribution in [0.1, 0.15) is 142 Å². The minimum atomic E-state index is 0.847. The molecule has 0 amide bonds. The summed E-state index contributed by atoms with van der Waals surface area (Å²) >= 11 is 0. The van der Waals surface area contributed by atoms with Crippen molar-refractivity contribution in [2.45, 2.75) is 148 Å². The third-order valence-corrected chi connectivity index (χ3v) is 8.37. The second-order valence-corrected chi connectivity index (χ2v) is 11.9. The number of hydrogen-bond donors (Lipinski definition) is 0. The lowest BCUT2D eigenvalue weighted by atomic mass is 9.95. The molecule has 0 N–H and O–H groups in total. The van der Waals surface area contributed by atoms with Crippen LogP contribution in [0.15, 0.2) is 0 Å². The summed E-state index contributed by atoms with van der Waals surface area (Å²) in [7, 11) is 5.62. The smallest absolute Gasteiger partial charge is 0.0237 e. The molecule has 3 heteroatoms. The van der Waals surface area contributed by atoms with Crippen molar-refractivity contribution in [2.75, 3.05) is 20.6 Å². The minimum absolute atomic E-state index is 0.847. The van der Waals surface area contributed by atoms with Gasteiger partial charge in [0, 0.05) is 21.5 Å². The second-order valence-electron chi connectivity index (χ2n) is 10.2. The Balaban J connectivity index is 2.12. The highest BCUT2D eigenvalue weighted by Gasteiger charge is 2.20. The lowest BCUT2D eigenvalue weighted by Crippen LogP contribution is -2.31. The van der Waals surface area contributed by atoms with Gasteiger partial charge in [0.05, 0.1) is 0 Å². The molecular weight excluding hydrogens is 383 g/mol. The van der Waals surface area contributed by atoms with Gasteiger partial charge in [-0.25, -0.2) is 0 Å². The van der Waals surface area contributed by atoms with E-state index in [1.165, 1.54) is 135 Å². The van der Waals surface area contributed by atoms with E-state index in [4.69, 9.17) is 0 Å². The van der Waals surface area contributed by atoms with Crippen LogP contribution >= 0.6 is 8.88 Å². The molecule has 0 aromatic carbocycles. The van der Waals surface area contributed by atoms with Gasteiger partial charge in [0.1, 0.15) is 0 Å². The molecule has 30 heavy (non-hydrogen) atoms. The zero-order valence-electron chi connectivity index (χ0n) is 21.4. The monoisotopic (exact) mass is 440 g/mol. The first-order valence-corrected chi connectivity index (χ1v) is 14.8. The molecule has 0 bridgehead atoms. The molecule has 1 fully saturated rings. The number of hydrogen-bond acceptors (Lipinski definition) is 2. The van der Waals surface area contributed by atoms with Crippen molar-refractivity contribution < 1.29 is 0 Å². The average molecular weight is 441 g/mol. The summed E-state index contributed by atoms with van der Waals surface area (Å²) in [6.45, 7) is 5.97. The van der Waals surface area contributed by atoms with E-state index in [0.29, 0.717) is 0 Å². The molecule has 180 valence electrons. The number of nitrogens with zero attached hydrogens (tertiary/aromatic N) is 2. The van der Waals surface area contributed by atoms with Gasteiger partial charge in [-0.1, -0.05) is 117 Å². The van der Waals surface area contributed by atoms with E-state index < -0.39 is 0 Å². The normalized spacial score (nSPS) is 17.0. The van der Waals surface area contributed by atoms with Gasteiger partial charge in [0.2, 0.25) is 0 Å². The van der Waals surface area contributed by atoms with Gasteiger partial charge in [0.15, 0.2) is 0 Å². The molecule has 1 aliphatic rings. The minimum Gasteiger partial charge on any atom is -0.275 e.